The minimum Gasteiger partial charge on any atom is -0.371 e. The highest BCUT2D eigenvalue weighted by molar-refractivity contribution is 5.39. The molecule has 0 saturated carbocycles. The highest BCUT2D eigenvalue weighted by Gasteiger charge is 2.13. The number of anilines is 1. The first kappa shape index (κ1) is 10.7. The summed E-state index contributed by atoms with van der Waals surface area (Å²) in [6.07, 6.45) is 4.43. The summed E-state index contributed by atoms with van der Waals surface area (Å²) < 4.78 is 6.88. The van der Waals surface area contributed by atoms with E-state index in [1.165, 1.54) is 0 Å². The van der Waals surface area contributed by atoms with E-state index in [1.54, 1.807) is 10.9 Å². The van der Waals surface area contributed by atoms with Crippen molar-refractivity contribution in [1.29, 1.82) is 0 Å². The van der Waals surface area contributed by atoms with E-state index in [-0.39, 0.29) is 6.04 Å². The van der Waals surface area contributed by atoms with E-state index in [9.17, 15) is 0 Å². The maximum Gasteiger partial charge on any atom is 0.248 e. The van der Waals surface area contributed by atoms with Gasteiger partial charge in [0.05, 0.1) is 11.9 Å². The van der Waals surface area contributed by atoms with Crippen LogP contribution in [-0.2, 0) is 13.5 Å². The number of aromatic nitrogens is 4. The quantitative estimate of drug-likeness (QED) is 0.848. The summed E-state index contributed by atoms with van der Waals surface area (Å²) >= 11 is 0. The van der Waals surface area contributed by atoms with Crippen molar-refractivity contribution in [3.63, 3.8) is 0 Å². The summed E-state index contributed by atoms with van der Waals surface area (Å²) in [5.74, 6) is 1.33. The van der Waals surface area contributed by atoms with Gasteiger partial charge in [0.25, 0.3) is 0 Å². The van der Waals surface area contributed by atoms with Crippen LogP contribution in [0.4, 0.5) is 5.69 Å². The van der Waals surface area contributed by atoms with E-state index in [2.05, 4.69) is 20.6 Å². The Kier molecular flexibility index (Phi) is 2.89. The number of rotatable bonds is 4. The molecule has 2 aromatic heterocycles. The van der Waals surface area contributed by atoms with Gasteiger partial charge in [-0.1, -0.05) is 12.1 Å². The van der Waals surface area contributed by atoms with Crippen LogP contribution in [0.15, 0.2) is 16.9 Å². The van der Waals surface area contributed by atoms with E-state index in [0.29, 0.717) is 5.89 Å². The largest absolute Gasteiger partial charge is 0.371 e. The van der Waals surface area contributed by atoms with Gasteiger partial charge in [0.1, 0.15) is 6.04 Å². The minimum atomic E-state index is -0.0167. The molecule has 0 aromatic carbocycles. The molecular weight excluding hydrogens is 206 g/mol. The molecule has 0 aliphatic carbocycles. The molecule has 6 heteroatoms. The molecule has 0 saturated heterocycles. The predicted molar refractivity (Wildman–Crippen MR) is 58.9 cm³/mol. The van der Waals surface area contributed by atoms with Gasteiger partial charge in [0.15, 0.2) is 5.82 Å². The second-order valence-corrected chi connectivity index (χ2v) is 3.67. The minimum absolute atomic E-state index is 0.0167. The summed E-state index contributed by atoms with van der Waals surface area (Å²) in [4.78, 5) is 4.26. The van der Waals surface area contributed by atoms with E-state index >= 15 is 0 Å². The zero-order valence-electron chi connectivity index (χ0n) is 9.64. The molecule has 0 spiro atoms. The van der Waals surface area contributed by atoms with Gasteiger partial charge >= 0.3 is 0 Å². The van der Waals surface area contributed by atoms with Gasteiger partial charge in [-0.15, -0.1) is 0 Å². The lowest BCUT2D eigenvalue weighted by Crippen LogP contribution is -2.06. The van der Waals surface area contributed by atoms with Crippen LogP contribution in [0.2, 0.25) is 0 Å². The Morgan fingerprint density at radius 1 is 1.56 bits per heavy atom. The van der Waals surface area contributed by atoms with Crippen LogP contribution in [0.3, 0.4) is 0 Å². The highest BCUT2D eigenvalue weighted by atomic mass is 16.5. The topological polar surface area (TPSA) is 68.8 Å². The van der Waals surface area contributed by atoms with Crippen molar-refractivity contribution in [2.45, 2.75) is 26.3 Å². The number of hydrogen-bond acceptors (Lipinski definition) is 5. The van der Waals surface area contributed by atoms with Crippen molar-refractivity contribution in [2.75, 3.05) is 5.32 Å². The normalized spacial score (nSPS) is 12.7. The van der Waals surface area contributed by atoms with Gasteiger partial charge in [0, 0.05) is 19.7 Å². The average Bonchev–Trinajstić information content (AvgIpc) is 2.87. The summed E-state index contributed by atoms with van der Waals surface area (Å²) in [6, 6.07) is -0.0167. The Bertz CT molecular complexity index is 461. The zero-order chi connectivity index (χ0) is 11.5. The van der Waals surface area contributed by atoms with Gasteiger partial charge in [0.2, 0.25) is 5.89 Å². The molecule has 6 nitrogen and oxygen atoms in total. The first-order valence-corrected chi connectivity index (χ1v) is 5.26. The molecule has 1 atom stereocenters. The standard InChI is InChI=1S/C10H15N5O/c1-4-9-13-10(16-14-9)7(2)12-8-5-11-15(3)6-8/h5-7,12H,4H2,1-3H3/t7-/m0/s1. The molecule has 0 aliphatic rings. The maximum absolute atomic E-state index is 5.15. The molecule has 86 valence electrons. The van der Waals surface area contributed by atoms with Crippen LogP contribution >= 0.6 is 0 Å². The first-order valence-electron chi connectivity index (χ1n) is 5.26. The third kappa shape index (κ3) is 2.21. The maximum atomic E-state index is 5.15. The molecule has 2 aromatic rings. The fraction of sp³-hybridized carbons (Fsp3) is 0.500. The fourth-order valence-electron chi connectivity index (χ4n) is 1.39. The van der Waals surface area contributed by atoms with E-state index < -0.39 is 0 Å². The Hall–Kier alpha value is -1.85. The molecule has 16 heavy (non-hydrogen) atoms. The van der Waals surface area contributed by atoms with Crippen molar-refractivity contribution in [2.24, 2.45) is 7.05 Å². The number of hydrogen-bond donors (Lipinski definition) is 1. The molecule has 2 heterocycles. The average molecular weight is 221 g/mol. The smallest absolute Gasteiger partial charge is 0.248 e. The lowest BCUT2D eigenvalue weighted by Gasteiger charge is -2.07. The second kappa shape index (κ2) is 4.34. The number of nitrogens with zero attached hydrogens (tertiary/aromatic N) is 4. The summed E-state index contributed by atoms with van der Waals surface area (Å²) in [6.45, 7) is 3.97. The summed E-state index contributed by atoms with van der Waals surface area (Å²) in [5, 5.41) is 11.2. The Balaban J connectivity index is 2.05. The van der Waals surface area contributed by atoms with Crippen LogP contribution in [0, 0.1) is 0 Å². The molecule has 2 rings (SSSR count). The van der Waals surface area contributed by atoms with Crippen LogP contribution in [-0.4, -0.2) is 19.9 Å². The van der Waals surface area contributed by atoms with Crippen molar-refractivity contribution in [3.05, 3.63) is 24.1 Å². The van der Waals surface area contributed by atoms with Crippen molar-refractivity contribution >= 4 is 5.69 Å². The van der Waals surface area contributed by atoms with Crippen molar-refractivity contribution in [3.8, 4) is 0 Å². The molecule has 1 N–H and O–H groups in total. The molecule has 0 amide bonds. The highest BCUT2D eigenvalue weighted by Crippen LogP contribution is 2.16. The Morgan fingerprint density at radius 2 is 2.38 bits per heavy atom. The van der Waals surface area contributed by atoms with Gasteiger partial charge in [-0.2, -0.15) is 10.1 Å². The SMILES string of the molecule is CCc1noc([C@H](C)Nc2cnn(C)c2)n1. The second-order valence-electron chi connectivity index (χ2n) is 3.67. The van der Waals surface area contributed by atoms with Crippen molar-refractivity contribution in [1.82, 2.24) is 19.9 Å². The zero-order valence-corrected chi connectivity index (χ0v) is 9.64. The van der Waals surface area contributed by atoms with Crippen LogP contribution in [0.25, 0.3) is 0 Å². The molecule has 0 bridgehead atoms. The van der Waals surface area contributed by atoms with Gasteiger partial charge in [-0.25, -0.2) is 0 Å². The molecule has 0 unspecified atom stereocenters. The fourth-order valence-corrected chi connectivity index (χ4v) is 1.39. The van der Waals surface area contributed by atoms with Crippen molar-refractivity contribution < 1.29 is 4.52 Å². The molecular formula is C10H15N5O. The summed E-state index contributed by atoms with van der Waals surface area (Å²) in [7, 11) is 1.87. The number of nitrogens with one attached hydrogen (secondary N) is 1. The third-order valence-corrected chi connectivity index (χ3v) is 2.26. The predicted octanol–water partition coefficient (Wildman–Crippen LogP) is 1.54. The summed E-state index contributed by atoms with van der Waals surface area (Å²) in [5.41, 5.74) is 0.936. The van der Waals surface area contributed by atoms with Gasteiger partial charge < -0.3 is 9.84 Å². The lowest BCUT2D eigenvalue weighted by molar-refractivity contribution is 0.363. The van der Waals surface area contributed by atoms with Gasteiger partial charge in [-0.05, 0) is 6.92 Å². The van der Waals surface area contributed by atoms with E-state index in [0.717, 1.165) is 17.9 Å². The molecule has 0 radical (unpaired) electrons. The van der Waals surface area contributed by atoms with Crippen LogP contribution < -0.4 is 5.32 Å². The molecule has 0 aliphatic heterocycles. The van der Waals surface area contributed by atoms with E-state index in [1.807, 2.05) is 27.1 Å². The lowest BCUT2D eigenvalue weighted by atomic mass is 10.3. The number of aryl methyl sites for hydroxylation is 2. The Labute approximate surface area is 93.7 Å². The van der Waals surface area contributed by atoms with Gasteiger partial charge in [-0.3, -0.25) is 4.68 Å². The van der Waals surface area contributed by atoms with Crippen LogP contribution in [0.5, 0.6) is 0 Å². The molecule has 0 fully saturated rings. The Morgan fingerprint density at radius 3 is 2.94 bits per heavy atom. The van der Waals surface area contributed by atoms with Crippen LogP contribution in [0.1, 0.15) is 31.6 Å². The first-order chi connectivity index (χ1) is 7.69. The third-order valence-electron chi connectivity index (χ3n) is 2.26. The monoisotopic (exact) mass is 221 g/mol. The van der Waals surface area contributed by atoms with E-state index in [4.69, 9.17) is 4.52 Å².